The van der Waals surface area contributed by atoms with E-state index in [9.17, 15) is 23.3 Å². The fraction of sp³-hybridized carbons (Fsp3) is 0.400. The minimum absolute atomic E-state index is 0.131. The summed E-state index contributed by atoms with van der Waals surface area (Å²) in [6, 6.07) is 2.48. The van der Waals surface area contributed by atoms with Crippen LogP contribution in [0.2, 0.25) is 0 Å². The van der Waals surface area contributed by atoms with Gasteiger partial charge in [0.25, 0.3) is 5.69 Å². The van der Waals surface area contributed by atoms with Gasteiger partial charge in [0, 0.05) is 17.5 Å². The lowest BCUT2D eigenvalue weighted by molar-refractivity contribution is -0.385. The van der Waals surface area contributed by atoms with E-state index in [1.807, 2.05) is 0 Å². The predicted octanol–water partition coefficient (Wildman–Crippen LogP) is 2.68. The number of alkyl halides is 3. The molecule has 1 atom stereocenters. The van der Waals surface area contributed by atoms with E-state index >= 15 is 0 Å². The summed E-state index contributed by atoms with van der Waals surface area (Å²) in [5.41, 5.74) is 3.99. The van der Waals surface area contributed by atoms with E-state index in [-0.39, 0.29) is 18.0 Å². The topological polar surface area (TPSA) is 69.2 Å². The lowest BCUT2D eigenvalue weighted by Gasteiger charge is -2.12. The van der Waals surface area contributed by atoms with Crippen LogP contribution in [0.4, 0.5) is 18.9 Å². The van der Waals surface area contributed by atoms with Crippen molar-refractivity contribution in [2.45, 2.75) is 19.0 Å². The van der Waals surface area contributed by atoms with E-state index in [1.54, 1.807) is 6.92 Å². The second kappa shape index (κ2) is 4.70. The standard InChI is InChI=1S/C10H11F3N2O2/c1-6(5-14)8-3-2-7(10(11,12)13)4-9(8)15(16)17/h2-4,6H,5,14H2,1H3. The molecule has 0 aliphatic carbocycles. The Bertz CT molecular complexity index is 432. The Morgan fingerprint density at radius 1 is 1.47 bits per heavy atom. The van der Waals surface area contributed by atoms with Crippen molar-refractivity contribution in [3.63, 3.8) is 0 Å². The first-order chi connectivity index (χ1) is 7.77. The van der Waals surface area contributed by atoms with Crippen molar-refractivity contribution in [2.75, 3.05) is 6.54 Å². The van der Waals surface area contributed by atoms with Gasteiger partial charge in [0.2, 0.25) is 0 Å². The highest BCUT2D eigenvalue weighted by molar-refractivity contribution is 5.46. The van der Waals surface area contributed by atoms with Gasteiger partial charge in [-0.05, 0) is 12.6 Å². The predicted molar refractivity (Wildman–Crippen MR) is 55.6 cm³/mol. The van der Waals surface area contributed by atoms with Crippen molar-refractivity contribution in [3.8, 4) is 0 Å². The molecule has 0 bridgehead atoms. The molecule has 1 unspecified atom stereocenters. The van der Waals surface area contributed by atoms with Crippen molar-refractivity contribution in [3.05, 3.63) is 39.4 Å². The van der Waals surface area contributed by atoms with Crippen LogP contribution in [-0.4, -0.2) is 11.5 Å². The van der Waals surface area contributed by atoms with Crippen LogP contribution in [0.5, 0.6) is 0 Å². The van der Waals surface area contributed by atoms with Gasteiger partial charge in [0.15, 0.2) is 0 Å². The van der Waals surface area contributed by atoms with Crippen LogP contribution in [0, 0.1) is 10.1 Å². The summed E-state index contributed by atoms with van der Waals surface area (Å²) in [6.07, 6.45) is -4.59. The Labute approximate surface area is 95.4 Å². The summed E-state index contributed by atoms with van der Waals surface area (Å²) >= 11 is 0. The molecule has 0 aromatic heterocycles. The molecule has 0 fully saturated rings. The number of halogens is 3. The molecule has 4 nitrogen and oxygen atoms in total. The molecule has 0 amide bonds. The van der Waals surface area contributed by atoms with Gasteiger partial charge >= 0.3 is 6.18 Å². The molecule has 1 aromatic carbocycles. The van der Waals surface area contributed by atoms with Gasteiger partial charge in [-0.2, -0.15) is 13.2 Å². The summed E-state index contributed by atoms with van der Waals surface area (Å²) in [4.78, 5) is 9.90. The van der Waals surface area contributed by atoms with Gasteiger partial charge in [-0.25, -0.2) is 0 Å². The van der Waals surface area contributed by atoms with Gasteiger partial charge in [0.1, 0.15) is 0 Å². The monoisotopic (exact) mass is 248 g/mol. The molecule has 0 aliphatic rings. The van der Waals surface area contributed by atoms with E-state index in [4.69, 9.17) is 5.73 Å². The van der Waals surface area contributed by atoms with Crippen molar-refractivity contribution in [2.24, 2.45) is 5.73 Å². The fourth-order valence-electron chi connectivity index (χ4n) is 1.42. The first kappa shape index (κ1) is 13.4. The SMILES string of the molecule is CC(CN)c1ccc(C(F)(F)F)cc1[N+](=O)[O-]. The molecule has 7 heteroatoms. The van der Waals surface area contributed by atoms with Gasteiger partial charge in [0.05, 0.1) is 10.5 Å². The summed E-state index contributed by atoms with van der Waals surface area (Å²) in [5, 5.41) is 10.7. The van der Waals surface area contributed by atoms with Crippen LogP contribution in [0.1, 0.15) is 24.0 Å². The molecule has 17 heavy (non-hydrogen) atoms. The van der Waals surface area contributed by atoms with Crippen molar-refractivity contribution in [1.82, 2.24) is 0 Å². The minimum atomic E-state index is -4.59. The highest BCUT2D eigenvalue weighted by Crippen LogP contribution is 2.34. The quantitative estimate of drug-likeness (QED) is 0.660. The molecule has 0 radical (unpaired) electrons. The zero-order valence-electron chi connectivity index (χ0n) is 8.99. The number of hydrogen-bond acceptors (Lipinski definition) is 3. The van der Waals surface area contributed by atoms with Crippen LogP contribution in [0.15, 0.2) is 18.2 Å². The van der Waals surface area contributed by atoms with Gasteiger partial charge in [-0.3, -0.25) is 10.1 Å². The molecule has 1 aromatic rings. The Balaban J connectivity index is 3.32. The molecule has 0 heterocycles. The Hall–Kier alpha value is -1.63. The second-order valence-electron chi connectivity index (χ2n) is 3.67. The molecule has 94 valence electrons. The summed E-state index contributed by atoms with van der Waals surface area (Å²) in [5.74, 6) is -0.363. The van der Waals surface area contributed by atoms with E-state index in [1.165, 1.54) is 0 Å². The average Bonchev–Trinajstić information content (AvgIpc) is 2.25. The smallest absolute Gasteiger partial charge is 0.330 e. The zero-order chi connectivity index (χ0) is 13.2. The number of nitro groups is 1. The highest BCUT2D eigenvalue weighted by atomic mass is 19.4. The van der Waals surface area contributed by atoms with E-state index in [0.717, 1.165) is 12.1 Å². The van der Waals surface area contributed by atoms with E-state index in [2.05, 4.69) is 0 Å². The molecule has 0 saturated carbocycles. The molecule has 0 aliphatic heterocycles. The third-order valence-electron chi connectivity index (χ3n) is 2.44. The molecule has 0 spiro atoms. The van der Waals surface area contributed by atoms with Crippen molar-refractivity contribution < 1.29 is 18.1 Å². The van der Waals surface area contributed by atoms with Crippen LogP contribution in [-0.2, 0) is 6.18 Å². The number of nitrogens with zero attached hydrogens (tertiary/aromatic N) is 1. The van der Waals surface area contributed by atoms with Crippen LogP contribution < -0.4 is 5.73 Å². The average molecular weight is 248 g/mol. The molecular weight excluding hydrogens is 237 g/mol. The Kier molecular flexibility index (Phi) is 3.72. The maximum atomic E-state index is 12.4. The third-order valence-corrected chi connectivity index (χ3v) is 2.44. The lowest BCUT2D eigenvalue weighted by atomic mass is 9.97. The number of nitro benzene ring substituents is 1. The number of rotatable bonds is 3. The maximum Gasteiger partial charge on any atom is 0.416 e. The first-order valence-corrected chi connectivity index (χ1v) is 4.83. The van der Waals surface area contributed by atoms with Crippen molar-refractivity contribution in [1.29, 1.82) is 0 Å². The molecular formula is C10H11F3N2O2. The lowest BCUT2D eigenvalue weighted by Crippen LogP contribution is -2.12. The van der Waals surface area contributed by atoms with Gasteiger partial charge < -0.3 is 5.73 Å². The minimum Gasteiger partial charge on any atom is -0.330 e. The third kappa shape index (κ3) is 2.94. The summed E-state index contributed by atoms with van der Waals surface area (Å²) in [6.45, 7) is 1.75. The highest BCUT2D eigenvalue weighted by Gasteiger charge is 2.33. The summed E-state index contributed by atoms with van der Waals surface area (Å²) in [7, 11) is 0. The van der Waals surface area contributed by atoms with Crippen LogP contribution in [0.25, 0.3) is 0 Å². The van der Waals surface area contributed by atoms with E-state index < -0.39 is 22.4 Å². The van der Waals surface area contributed by atoms with Gasteiger partial charge in [-0.15, -0.1) is 0 Å². The fourth-order valence-corrected chi connectivity index (χ4v) is 1.42. The maximum absolute atomic E-state index is 12.4. The van der Waals surface area contributed by atoms with Crippen LogP contribution in [0.3, 0.4) is 0 Å². The normalized spacial score (nSPS) is 13.5. The Morgan fingerprint density at radius 3 is 2.47 bits per heavy atom. The van der Waals surface area contributed by atoms with Crippen molar-refractivity contribution >= 4 is 5.69 Å². The van der Waals surface area contributed by atoms with Gasteiger partial charge in [-0.1, -0.05) is 13.0 Å². The first-order valence-electron chi connectivity index (χ1n) is 4.83. The molecule has 2 N–H and O–H groups in total. The molecule has 1 rings (SSSR count). The zero-order valence-corrected chi connectivity index (χ0v) is 8.99. The number of nitrogens with two attached hydrogens (primary N) is 1. The Morgan fingerprint density at radius 2 is 2.06 bits per heavy atom. The largest absolute Gasteiger partial charge is 0.416 e. The number of hydrogen-bond donors (Lipinski definition) is 1. The van der Waals surface area contributed by atoms with E-state index in [0.29, 0.717) is 6.07 Å². The second-order valence-corrected chi connectivity index (χ2v) is 3.67. The number of benzene rings is 1. The molecule has 0 saturated heterocycles. The van der Waals surface area contributed by atoms with Crippen LogP contribution >= 0.6 is 0 Å². The summed E-state index contributed by atoms with van der Waals surface area (Å²) < 4.78 is 37.2.